The Labute approximate surface area is 137 Å². The largest absolute Gasteiger partial charge is 0.268 e. The van der Waals surface area contributed by atoms with Gasteiger partial charge in [0.05, 0.1) is 14.9 Å². The summed E-state index contributed by atoms with van der Waals surface area (Å²) >= 11 is 11.6. The molecule has 0 unspecified atom stereocenters. The van der Waals surface area contributed by atoms with Crippen molar-refractivity contribution in [1.29, 1.82) is 0 Å². The normalized spacial score (nSPS) is 11.5. The van der Waals surface area contributed by atoms with E-state index >= 15 is 0 Å². The van der Waals surface area contributed by atoms with Gasteiger partial charge in [0, 0.05) is 25.4 Å². The van der Waals surface area contributed by atoms with Gasteiger partial charge in [-0.3, -0.25) is 4.79 Å². The number of nitrogens with one attached hydrogen (secondary N) is 1. The number of aryl methyl sites for hydroxylation is 1. The number of hydrogen-bond acceptors (Lipinski definition) is 4. The van der Waals surface area contributed by atoms with Crippen LogP contribution in [0.4, 0.5) is 0 Å². The molecule has 118 valence electrons. The molecule has 0 aliphatic heterocycles. The van der Waals surface area contributed by atoms with Crippen molar-refractivity contribution in [2.45, 2.75) is 17.9 Å². The summed E-state index contributed by atoms with van der Waals surface area (Å²) in [5.41, 5.74) is -0.227. The second-order valence-corrected chi connectivity index (χ2v) is 6.99. The van der Waals surface area contributed by atoms with Gasteiger partial charge in [0.15, 0.2) is 0 Å². The number of benzene rings is 1. The predicted molar refractivity (Wildman–Crippen MR) is 84.8 cm³/mol. The predicted octanol–water partition coefficient (Wildman–Crippen LogP) is 1.92. The average Bonchev–Trinajstić information content (AvgIpc) is 2.48. The zero-order chi connectivity index (χ0) is 16.2. The van der Waals surface area contributed by atoms with Gasteiger partial charge in [-0.15, -0.1) is 0 Å². The first-order valence-electron chi connectivity index (χ1n) is 6.37. The summed E-state index contributed by atoms with van der Waals surface area (Å²) in [6, 6.07) is 7.03. The van der Waals surface area contributed by atoms with Gasteiger partial charge in [-0.1, -0.05) is 23.2 Å². The van der Waals surface area contributed by atoms with Gasteiger partial charge >= 0.3 is 0 Å². The second-order valence-electron chi connectivity index (χ2n) is 4.41. The van der Waals surface area contributed by atoms with E-state index in [1.807, 2.05) is 0 Å². The monoisotopic (exact) mass is 361 g/mol. The van der Waals surface area contributed by atoms with Crippen LogP contribution in [0, 0.1) is 0 Å². The minimum absolute atomic E-state index is 0.0388. The second kappa shape index (κ2) is 7.23. The van der Waals surface area contributed by atoms with E-state index in [1.165, 1.54) is 35.1 Å². The first-order chi connectivity index (χ1) is 10.4. The zero-order valence-electron chi connectivity index (χ0n) is 11.4. The Kier molecular flexibility index (Phi) is 5.57. The van der Waals surface area contributed by atoms with E-state index in [9.17, 15) is 13.2 Å². The van der Waals surface area contributed by atoms with Crippen LogP contribution < -0.4 is 10.3 Å². The first kappa shape index (κ1) is 17.0. The summed E-state index contributed by atoms with van der Waals surface area (Å²) in [5, 5.41) is 4.34. The van der Waals surface area contributed by atoms with Gasteiger partial charge in [0.25, 0.3) is 5.56 Å². The van der Waals surface area contributed by atoms with Crippen LogP contribution in [0.25, 0.3) is 0 Å². The maximum Gasteiger partial charge on any atom is 0.266 e. The molecule has 0 radical (unpaired) electrons. The lowest BCUT2D eigenvalue weighted by atomic mass is 10.4. The van der Waals surface area contributed by atoms with E-state index < -0.39 is 10.0 Å². The quantitative estimate of drug-likeness (QED) is 0.796. The van der Waals surface area contributed by atoms with Crippen LogP contribution in [0.5, 0.6) is 0 Å². The van der Waals surface area contributed by atoms with Crippen molar-refractivity contribution in [2.24, 2.45) is 0 Å². The molecular formula is C13H13Cl2N3O3S. The fourth-order valence-electron chi connectivity index (χ4n) is 1.72. The molecule has 1 aromatic carbocycles. The minimum atomic E-state index is -3.66. The molecule has 9 heteroatoms. The molecule has 0 atom stereocenters. The summed E-state index contributed by atoms with van der Waals surface area (Å²) in [5.74, 6) is 0. The van der Waals surface area contributed by atoms with E-state index in [-0.39, 0.29) is 27.0 Å². The smallest absolute Gasteiger partial charge is 0.266 e. The lowest BCUT2D eigenvalue weighted by molar-refractivity contribution is 0.535. The molecule has 0 aliphatic carbocycles. The van der Waals surface area contributed by atoms with Crippen LogP contribution in [0.3, 0.4) is 0 Å². The summed E-state index contributed by atoms with van der Waals surface area (Å²) in [6.45, 7) is 0.495. The molecule has 22 heavy (non-hydrogen) atoms. The molecule has 2 rings (SSSR count). The minimum Gasteiger partial charge on any atom is -0.268 e. The topological polar surface area (TPSA) is 81.1 Å². The Morgan fingerprint density at radius 1 is 1.18 bits per heavy atom. The number of sulfonamides is 1. The van der Waals surface area contributed by atoms with Crippen LogP contribution in [0.2, 0.25) is 10.0 Å². The van der Waals surface area contributed by atoms with Crippen molar-refractivity contribution in [3.63, 3.8) is 0 Å². The SMILES string of the molecule is O=c1cccnn1CCCNS(=O)(=O)c1ccc(Cl)c(Cl)c1. The molecule has 6 nitrogen and oxygen atoms in total. The van der Waals surface area contributed by atoms with Crippen molar-refractivity contribution in [1.82, 2.24) is 14.5 Å². The molecule has 1 aromatic heterocycles. The highest BCUT2D eigenvalue weighted by Gasteiger charge is 2.14. The molecular weight excluding hydrogens is 349 g/mol. The van der Waals surface area contributed by atoms with E-state index in [0.29, 0.717) is 13.0 Å². The van der Waals surface area contributed by atoms with Crippen molar-refractivity contribution in [2.75, 3.05) is 6.54 Å². The van der Waals surface area contributed by atoms with E-state index in [4.69, 9.17) is 23.2 Å². The zero-order valence-corrected chi connectivity index (χ0v) is 13.7. The van der Waals surface area contributed by atoms with Gasteiger partial charge in [-0.25, -0.2) is 17.8 Å². The van der Waals surface area contributed by atoms with Crippen LogP contribution >= 0.6 is 23.2 Å². The van der Waals surface area contributed by atoms with Crippen LogP contribution in [0.15, 0.2) is 46.2 Å². The molecule has 1 N–H and O–H groups in total. The summed E-state index contributed by atoms with van der Waals surface area (Å²) in [7, 11) is -3.66. The van der Waals surface area contributed by atoms with Gasteiger partial charge < -0.3 is 0 Å². The number of aromatic nitrogens is 2. The van der Waals surface area contributed by atoms with Gasteiger partial charge in [-0.2, -0.15) is 5.10 Å². The Morgan fingerprint density at radius 3 is 2.64 bits per heavy atom. The first-order valence-corrected chi connectivity index (χ1v) is 8.61. The third-order valence-electron chi connectivity index (χ3n) is 2.83. The standard InChI is InChI=1S/C13H13Cl2N3O3S/c14-11-5-4-10(9-12(11)15)22(20,21)17-7-2-8-18-13(19)3-1-6-16-18/h1,3-6,9,17H,2,7-8H2. The summed E-state index contributed by atoms with van der Waals surface area (Å²) in [6.07, 6.45) is 1.93. The highest BCUT2D eigenvalue weighted by atomic mass is 35.5. The number of halogens is 2. The molecule has 0 saturated heterocycles. The van der Waals surface area contributed by atoms with Crippen LogP contribution in [-0.2, 0) is 16.6 Å². The number of rotatable bonds is 6. The third-order valence-corrected chi connectivity index (χ3v) is 5.02. The third kappa shape index (κ3) is 4.30. The molecule has 0 bridgehead atoms. The number of hydrogen-bond donors (Lipinski definition) is 1. The van der Waals surface area contributed by atoms with Gasteiger partial charge in [0.1, 0.15) is 0 Å². The van der Waals surface area contributed by atoms with Crippen LogP contribution in [-0.4, -0.2) is 24.7 Å². The van der Waals surface area contributed by atoms with E-state index in [0.717, 1.165) is 0 Å². The maximum atomic E-state index is 12.1. The average molecular weight is 362 g/mol. The Morgan fingerprint density at radius 2 is 1.95 bits per heavy atom. The molecule has 0 saturated carbocycles. The van der Waals surface area contributed by atoms with Gasteiger partial charge in [0.2, 0.25) is 10.0 Å². The molecule has 0 amide bonds. The number of nitrogens with zero attached hydrogens (tertiary/aromatic N) is 2. The van der Waals surface area contributed by atoms with Crippen LogP contribution in [0.1, 0.15) is 6.42 Å². The lowest BCUT2D eigenvalue weighted by Gasteiger charge is -2.08. The highest BCUT2D eigenvalue weighted by Crippen LogP contribution is 2.24. The molecule has 0 spiro atoms. The Hall–Kier alpha value is -1.41. The molecule has 2 aromatic rings. The Bertz CT molecular complexity index is 821. The fraction of sp³-hybridized carbons (Fsp3) is 0.231. The lowest BCUT2D eigenvalue weighted by Crippen LogP contribution is -2.27. The molecule has 0 aliphatic rings. The van der Waals surface area contributed by atoms with E-state index in [2.05, 4.69) is 9.82 Å². The van der Waals surface area contributed by atoms with Gasteiger partial charge in [-0.05, 0) is 30.7 Å². The summed E-state index contributed by atoms with van der Waals surface area (Å²) in [4.78, 5) is 11.5. The van der Waals surface area contributed by atoms with E-state index in [1.54, 1.807) is 6.07 Å². The molecule has 1 heterocycles. The van der Waals surface area contributed by atoms with Crippen molar-refractivity contribution < 1.29 is 8.42 Å². The maximum absolute atomic E-state index is 12.1. The van der Waals surface area contributed by atoms with Crippen molar-refractivity contribution in [3.8, 4) is 0 Å². The molecule has 0 fully saturated rings. The Balaban J connectivity index is 1.94. The summed E-state index contributed by atoms with van der Waals surface area (Å²) < 4.78 is 27.9. The van der Waals surface area contributed by atoms with Crippen molar-refractivity contribution in [3.05, 3.63) is 56.9 Å². The van der Waals surface area contributed by atoms with Crippen molar-refractivity contribution >= 4 is 33.2 Å². The fourth-order valence-corrected chi connectivity index (χ4v) is 3.18. The highest BCUT2D eigenvalue weighted by molar-refractivity contribution is 7.89.